The summed E-state index contributed by atoms with van der Waals surface area (Å²) in [6.45, 7) is 10.2. The lowest BCUT2D eigenvalue weighted by Crippen LogP contribution is -2.46. The Bertz CT molecular complexity index is 336. The zero-order chi connectivity index (χ0) is 14.5. The van der Waals surface area contributed by atoms with Gasteiger partial charge in [0.25, 0.3) is 0 Å². The van der Waals surface area contributed by atoms with Crippen molar-refractivity contribution < 1.29 is 9.53 Å². The second-order valence-electron chi connectivity index (χ2n) is 6.25. The second-order valence-corrected chi connectivity index (χ2v) is 6.25. The number of nitriles is 1. The first-order chi connectivity index (χ1) is 8.80. The lowest BCUT2D eigenvalue weighted by atomic mass is 10.0. The van der Waals surface area contributed by atoms with Crippen LogP contribution in [0.15, 0.2) is 0 Å². The summed E-state index contributed by atoms with van der Waals surface area (Å²) in [7, 11) is 0. The van der Waals surface area contributed by atoms with Gasteiger partial charge in [0.15, 0.2) is 0 Å². The number of rotatable bonds is 3. The molecule has 1 heterocycles. The number of likely N-dealkylation sites (tertiary alicyclic amines) is 1. The molecule has 108 valence electrons. The second kappa shape index (κ2) is 6.76. The number of ether oxygens (including phenoxy) is 1. The molecule has 0 radical (unpaired) electrons. The lowest BCUT2D eigenvalue weighted by molar-refractivity contribution is 0.0477. The van der Waals surface area contributed by atoms with Crippen molar-refractivity contribution in [1.82, 2.24) is 10.2 Å². The number of amides is 1. The van der Waals surface area contributed by atoms with Gasteiger partial charge in [0.2, 0.25) is 0 Å². The van der Waals surface area contributed by atoms with Gasteiger partial charge in [-0.25, -0.2) is 4.79 Å². The Balaban J connectivity index is 2.27. The fraction of sp³-hybridized carbons (Fsp3) is 0.857. The van der Waals surface area contributed by atoms with Gasteiger partial charge in [0, 0.05) is 25.7 Å². The SMILES string of the molecule is CC(C#N)CN1CCC(NC(=O)OC(C)(C)C)CC1. The Morgan fingerprint density at radius 3 is 2.53 bits per heavy atom. The Labute approximate surface area is 115 Å². The largest absolute Gasteiger partial charge is 0.444 e. The predicted octanol–water partition coefficient (Wildman–Crippen LogP) is 2.14. The van der Waals surface area contributed by atoms with Crippen LogP contribution in [0.2, 0.25) is 0 Å². The normalized spacial score (nSPS) is 19.5. The van der Waals surface area contributed by atoms with Gasteiger partial charge >= 0.3 is 6.09 Å². The maximum atomic E-state index is 11.6. The number of carbonyl (C=O) groups is 1. The molecule has 1 aliphatic heterocycles. The van der Waals surface area contributed by atoms with Crippen LogP contribution in [-0.2, 0) is 4.74 Å². The first-order valence-corrected chi connectivity index (χ1v) is 6.91. The van der Waals surface area contributed by atoms with E-state index in [1.807, 2.05) is 27.7 Å². The molecule has 1 rings (SSSR count). The summed E-state index contributed by atoms with van der Waals surface area (Å²) in [6, 6.07) is 2.43. The van der Waals surface area contributed by atoms with Gasteiger partial charge in [-0.2, -0.15) is 5.26 Å². The van der Waals surface area contributed by atoms with Crippen molar-refractivity contribution in [3.63, 3.8) is 0 Å². The van der Waals surface area contributed by atoms with Gasteiger partial charge in [-0.3, -0.25) is 0 Å². The number of hydrogen-bond donors (Lipinski definition) is 1. The summed E-state index contributed by atoms with van der Waals surface area (Å²) < 4.78 is 5.24. The fourth-order valence-corrected chi connectivity index (χ4v) is 2.16. The van der Waals surface area contributed by atoms with Crippen LogP contribution < -0.4 is 5.32 Å². The summed E-state index contributed by atoms with van der Waals surface area (Å²) in [5.41, 5.74) is -0.451. The maximum Gasteiger partial charge on any atom is 0.407 e. The molecule has 1 atom stereocenters. The third-order valence-electron chi connectivity index (χ3n) is 3.06. The summed E-state index contributed by atoms with van der Waals surface area (Å²) in [5, 5.41) is 11.7. The highest BCUT2D eigenvalue weighted by atomic mass is 16.6. The molecule has 19 heavy (non-hydrogen) atoms. The van der Waals surface area contributed by atoms with E-state index in [1.54, 1.807) is 0 Å². The van der Waals surface area contributed by atoms with Crippen LogP contribution in [0.3, 0.4) is 0 Å². The molecule has 0 aliphatic carbocycles. The molecule has 1 unspecified atom stereocenters. The molecule has 5 heteroatoms. The molecule has 1 N–H and O–H groups in total. The molecule has 5 nitrogen and oxygen atoms in total. The van der Waals surface area contributed by atoms with Crippen molar-refractivity contribution in [1.29, 1.82) is 5.26 Å². The van der Waals surface area contributed by atoms with Crippen LogP contribution in [0.5, 0.6) is 0 Å². The predicted molar refractivity (Wildman–Crippen MR) is 73.6 cm³/mol. The molecule has 0 spiro atoms. The van der Waals surface area contributed by atoms with Crippen molar-refractivity contribution in [2.45, 2.75) is 52.2 Å². The van der Waals surface area contributed by atoms with Crippen molar-refractivity contribution >= 4 is 6.09 Å². The summed E-state index contributed by atoms with van der Waals surface area (Å²) >= 11 is 0. The van der Waals surface area contributed by atoms with Crippen LogP contribution in [-0.4, -0.2) is 42.3 Å². The van der Waals surface area contributed by atoms with E-state index in [1.165, 1.54) is 0 Å². The van der Waals surface area contributed by atoms with E-state index in [0.717, 1.165) is 32.5 Å². The molecule has 1 fully saturated rings. The van der Waals surface area contributed by atoms with Gasteiger partial charge in [0.05, 0.1) is 12.0 Å². The molecule has 0 aromatic rings. The first kappa shape index (κ1) is 15.8. The average Bonchev–Trinajstić information content (AvgIpc) is 2.29. The number of alkyl carbamates (subject to hydrolysis) is 1. The molecule has 0 saturated carbocycles. The van der Waals surface area contributed by atoms with E-state index in [4.69, 9.17) is 10.00 Å². The minimum atomic E-state index is -0.451. The lowest BCUT2D eigenvalue weighted by Gasteiger charge is -2.33. The molecule has 1 aliphatic rings. The van der Waals surface area contributed by atoms with E-state index in [-0.39, 0.29) is 18.1 Å². The van der Waals surface area contributed by atoms with Crippen LogP contribution in [0.1, 0.15) is 40.5 Å². The molecule has 1 saturated heterocycles. The van der Waals surface area contributed by atoms with Crippen molar-refractivity contribution in [2.75, 3.05) is 19.6 Å². The van der Waals surface area contributed by atoms with Crippen LogP contribution in [0.25, 0.3) is 0 Å². The topological polar surface area (TPSA) is 65.4 Å². The van der Waals surface area contributed by atoms with E-state index in [2.05, 4.69) is 16.3 Å². The molecule has 1 amide bonds. The molecule has 0 bridgehead atoms. The van der Waals surface area contributed by atoms with Crippen LogP contribution >= 0.6 is 0 Å². The molecular weight excluding hydrogens is 242 g/mol. The standard InChI is InChI=1S/C14H25N3O2/c1-11(9-15)10-17-7-5-12(6-8-17)16-13(18)19-14(2,3)4/h11-12H,5-8,10H2,1-4H3,(H,16,18). The smallest absolute Gasteiger partial charge is 0.407 e. The number of nitrogens with zero attached hydrogens (tertiary/aromatic N) is 2. The third-order valence-corrected chi connectivity index (χ3v) is 3.06. The number of piperidine rings is 1. The van der Waals surface area contributed by atoms with E-state index in [9.17, 15) is 4.79 Å². The van der Waals surface area contributed by atoms with Gasteiger partial charge < -0.3 is 15.0 Å². The molecule has 0 aromatic carbocycles. The maximum absolute atomic E-state index is 11.6. The third kappa shape index (κ3) is 6.44. The van der Waals surface area contributed by atoms with E-state index in [0.29, 0.717) is 0 Å². The highest BCUT2D eigenvalue weighted by Gasteiger charge is 2.24. The Morgan fingerprint density at radius 2 is 2.05 bits per heavy atom. The van der Waals surface area contributed by atoms with Crippen molar-refractivity contribution in [2.24, 2.45) is 5.92 Å². The van der Waals surface area contributed by atoms with Crippen LogP contribution in [0, 0.1) is 17.2 Å². The van der Waals surface area contributed by atoms with Crippen LogP contribution in [0.4, 0.5) is 4.79 Å². The summed E-state index contributed by atoms with van der Waals surface area (Å²) in [6.07, 6.45) is 1.49. The van der Waals surface area contributed by atoms with E-state index >= 15 is 0 Å². The monoisotopic (exact) mass is 267 g/mol. The number of nitrogens with one attached hydrogen (secondary N) is 1. The van der Waals surface area contributed by atoms with Gasteiger partial charge in [-0.05, 0) is 40.5 Å². The zero-order valence-corrected chi connectivity index (χ0v) is 12.4. The summed E-state index contributed by atoms with van der Waals surface area (Å²) in [4.78, 5) is 13.9. The minimum absolute atomic E-state index is 0.0652. The fourth-order valence-electron chi connectivity index (χ4n) is 2.16. The zero-order valence-electron chi connectivity index (χ0n) is 12.4. The van der Waals surface area contributed by atoms with Crippen molar-refractivity contribution in [3.8, 4) is 6.07 Å². The Kier molecular flexibility index (Phi) is 5.61. The number of hydrogen-bond acceptors (Lipinski definition) is 4. The van der Waals surface area contributed by atoms with Gasteiger partial charge in [-0.15, -0.1) is 0 Å². The Hall–Kier alpha value is -1.28. The quantitative estimate of drug-likeness (QED) is 0.850. The van der Waals surface area contributed by atoms with E-state index < -0.39 is 5.60 Å². The highest BCUT2D eigenvalue weighted by Crippen LogP contribution is 2.13. The number of carbonyl (C=O) groups excluding carboxylic acids is 1. The summed E-state index contributed by atoms with van der Waals surface area (Å²) in [5.74, 6) is 0.0652. The first-order valence-electron chi connectivity index (χ1n) is 6.91. The van der Waals surface area contributed by atoms with Gasteiger partial charge in [0.1, 0.15) is 5.60 Å². The minimum Gasteiger partial charge on any atom is -0.444 e. The van der Waals surface area contributed by atoms with Crippen molar-refractivity contribution in [3.05, 3.63) is 0 Å². The van der Waals surface area contributed by atoms with Gasteiger partial charge in [-0.1, -0.05) is 0 Å². The molecular formula is C14H25N3O2. The average molecular weight is 267 g/mol. The molecule has 0 aromatic heterocycles. The highest BCUT2D eigenvalue weighted by molar-refractivity contribution is 5.68. The Morgan fingerprint density at radius 1 is 1.47 bits per heavy atom.